The number of carbonyl (C=O) groups is 2. The Kier molecular flexibility index (Phi) is 7.34. The molecular formula is C24H25N3O5S. The van der Waals surface area contributed by atoms with E-state index in [2.05, 4.69) is 15.4 Å². The highest BCUT2D eigenvalue weighted by atomic mass is 32.2. The smallest absolute Gasteiger partial charge is 0.262 e. The first-order chi connectivity index (χ1) is 15.7. The van der Waals surface area contributed by atoms with E-state index in [9.17, 15) is 18.0 Å². The van der Waals surface area contributed by atoms with Gasteiger partial charge < -0.3 is 15.4 Å². The molecule has 172 valence electrons. The van der Waals surface area contributed by atoms with Crippen LogP contribution in [0.1, 0.15) is 22.8 Å². The summed E-state index contributed by atoms with van der Waals surface area (Å²) in [6.07, 6.45) is 0. The Morgan fingerprint density at radius 3 is 2.30 bits per heavy atom. The molecule has 2 amide bonds. The number of nitrogens with one attached hydrogen (secondary N) is 3. The van der Waals surface area contributed by atoms with Crippen LogP contribution in [0.25, 0.3) is 0 Å². The van der Waals surface area contributed by atoms with Crippen LogP contribution in [0.5, 0.6) is 5.75 Å². The van der Waals surface area contributed by atoms with Crippen molar-refractivity contribution in [3.63, 3.8) is 0 Å². The summed E-state index contributed by atoms with van der Waals surface area (Å²) >= 11 is 0. The summed E-state index contributed by atoms with van der Waals surface area (Å²) in [7, 11) is -2.51. The van der Waals surface area contributed by atoms with Gasteiger partial charge in [0.25, 0.3) is 15.9 Å². The Labute approximate surface area is 193 Å². The molecule has 3 N–H and O–H groups in total. The molecule has 0 aromatic heterocycles. The molecule has 0 aliphatic carbocycles. The van der Waals surface area contributed by atoms with Gasteiger partial charge in [-0.3, -0.25) is 14.3 Å². The van der Waals surface area contributed by atoms with Gasteiger partial charge in [-0.15, -0.1) is 0 Å². The summed E-state index contributed by atoms with van der Waals surface area (Å²) in [4.78, 5) is 24.9. The highest BCUT2D eigenvalue weighted by molar-refractivity contribution is 7.92. The zero-order valence-electron chi connectivity index (χ0n) is 18.5. The number of hydrogen-bond acceptors (Lipinski definition) is 5. The van der Waals surface area contributed by atoms with Crippen molar-refractivity contribution < 1.29 is 22.7 Å². The zero-order valence-corrected chi connectivity index (χ0v) is 19.3. The summed E-state index contributed by atoms with van der Waals surface area (Å²) in [5.74, 6) is -0.484. The lowest BCUT2D eigenvalue weighted by molar-refractivity contribution is -0.117. The van der Waals surface area contributed by atoms with E-state index in [1.54, 1.807) is 80.6 Å². The molecule has 0 aliphatic rings. The largest absolute Gasteiger partial charge is 0.495 e. The van der Waals surface area contributed by atoms with Gasteiger partial charge in [0.1, 0.15) is 11.8 Å². The van der Waals surface area contributed by atoms with Gasteiger partial charge in [-0.1, -0.05) is 36.4 Å². The van der Waals surface area contributed by atoms with Gasteiger partial charge in [0, 0.05) is 11.3 Å². The Balaban J connectivity index is 1.75. The molecule has 0 heterocycles. The molecule has 8 nitrogen and oxygen atoms in total. The monoisotopic (exact) mass is 467 g/mol. The Hall–Kier alpha value is -3.85. The number of amides is 2. The second-order valence-electron chi connectivity index (χ2n) is 7.34. The SMILES string of the molecule is COc1ccccc1NS(=O)(=O)c1cc(NC(=O)C(C)NC(=O)c2ccccc2)ccc1C. The van der Waals surface area contributed by atoms with Crippen molar-refractivity contribution in [3.8, 4) is 5.75 Å². The molecule has 3 aromatic carbocycles. The molecule has 3 aromatic rings. The summed E-state index contributed by atoms with van der Waals surface area (Å²) in [6, 6.07) is 18.9. The lowest BCUT2D eigenvalue weighted by Gasteiger charge is -2.16. The zero-order chi connectivity index (χ0) is 24.0. The fourth-order valence-corrected chi connectivity index (χ4v) is 4.42. The number of ether oxygens (including phenoxy) is 1. The number of anilines is 2. The van der Waals surface area contributed by atoms with Crippen LogP contribution in [0.2, 0.25) is 0 Å². The van der Waals surface area contributed by atoms with E-state index in [0.717, 1.165) is 0 Å². The topological polar surface area (TPSA) is 114 Å². The van der Waals surface area contributed by atoms with Crippen molar-refractivity contribution in [2.75, 3.05) is 17.1 Å². The summed E-state index contributed by atoms with van der Waals surface area (Å²) in [5, 5.41) is 5.28. The van der Waals surface area contributed by atoms with Crippen molar-refractivity contribution in [1.82, 2.24) is 5.32 Å². The molecule has 1 unspecified atom stereocenters. The maximum absolute atomic E-state index is 13.0. The molecule has 0 fully saturated rings. The predicted molar refractivity (Wildman–Crippen MR) is 127 cm³/mol. The molecule has 3 rings (SSSR count). The number of sulfonamides is 1. The molecule has 0 saturated heterocycles. The van der Waals surface area contributed by atoms with Gasteiger partial charge in [-0.25, -0.2) is 8.42 Å². The molecule has 1 atom stereocenters. The van der Waals surface area contributed by atoms with Gasteiger partial charge in [0.05, 0.1) is 17.7 Å². The van der Waals surface area contributed by atoms with Crippen LogP contribution >= 0.6 is 0 Å². The van der Waals surface area contributed by atoms with E-state index < -0.39 is 22.0 Å². The van der Waals surface area contributed by atoms with E-state index in [4.69, 9.17) is 4.74 Å². The van der Waals surface area contributed by atoms with Gasteiger partial charge in [-0.05, 0) is 55.8 Å². The normalized spacial score (nSPS) is 11.8. The van der Waals surface area contributed by atoms with Crippen LogP contribution in [-0.4, -0.2) is 33.4 Å². The quantitative estimate of drug-likeness (QED) is 0.469. The lowest BCUT2D eigenvalue weighted by Crippen LogP contribution is -2.41. The van der Waals surface area contributed by atoms with E-state index in [0.29, 0.717) is 22.6 Å². The summed E-state index contributed by atoms with van der Waals surface area (Å²) in [6.45, 7) is 3.20. The standard InChI is InChI=1S/C24H25N3O5S/c1-16-13-14-19(26-23(28)17(2)25-24(29)18-9-5-4-6-10-18)15-22(16)33(30,31)27-20-11-7-8-12-21(20)32-3/h4-15,17,27H,1-3H3,(H,25,29)(H,26,28). The average Bonchev–Trinajstić information content (AvgIpc) is 2.80. The highest BCUT2D eigenvalue weighted by Crippen LogP contribution is 2.28. The van der Waals surface area contributed by atoms with E-state index in [-0.39, 0.29) is 16.5 Å². The molecule has 0 spiro atoms. The van der Waals surface area contributed by atoms with Crippen LogP contribution in [0.3, 0.4) is 0 Å². The third-order valence-electron chi connectivity index (χ3n) is 4.87. The molecule has 0 radical (unpaired) electrons. The number of aryl methyl sites for hydroxylation is 1. The van der Waals surface area contributed by atoms with Gasteiger partial charge in [0.2, 0.25) is 5.91 Å². The Bertz CT molecular complexity index is 1260. The first-order valence-electron chi connectivity index (χ1n) is 10.1. The van der Waals surface area contributed by atoms with Crippen molar-refractivity contribution in [2.45, 2.75) is 24.8 Å². The Morgan fingerprint density at radius 2 is 1.61 bits per heavy atom. The third-order valence-corrected chi connectivity index (χ3v) is 6.38. The van der Waals surface area contributed by atoms with E-state index in [1.807, 2.05) is 0 Å². The number of carbonyl (C=O) groups excluding carboxylic acids is 2. The van der Waals surface area contributed by atoms with Crippen LogP contribution < -0.4 is 20.1 Å². The third kappa shape index (κ3) is 5.89. The second-order valence-corrected chi connectivity index (χ2v) is 8.99. The van der Waals surface area contributed by atoms with E-state index in [1.165, 1.54) is 13.2 Å². The van der Waals surface area contributed by atoms with E-state index >= 15 is 0 Å². The molecule has 0 bridgehead atoms. The molecule has 0 aliphatic heterocycles. The summed E-state index contributed by atoms with van der Waals surface area (Å²) in [5.41, 5.74) is 1.52. The van der Waals surface area contributed by atoms with Crippen molar-refractivity contribution >= 4 is 33.2 Å². The van der Waals surface area contributed by atoms with Gasteiger partial charge >= 0.3 is 0 Å². The number of rotatable bonds is 8. The van der Waals surface area contributed by atoms with Gasteiger partial charge in [-0.2, -0.15) is 0 Å². The number of hydrogen-bond donors (Lipinski definition) is 3. The lowest BCUT2D eigenvalue weighted by atomic mass is 10.2. The van der Waals surface area contributed by atoms with Crippen molar-refractivity contribution in [1.29, 1.82) is 0 Å². The molecule has 33 heavy (non-hydrogen) atoms. The fourth-order valence-electron chi connectivity index (χ4n) is 3.08. The minimum absolute atomic E-state index is 0.00665. The average molecular weight is 468 g/mol. The molecule has 0 saturated carbocycles. The van der Waals surface area contributed by atoms with Crippen LogP contribution in [0.4, 0.5) is 11.4 Å². The first kappa shape index (κ1) is 23.8. The summed E-state index contributed by atoms with van der Waals surface area (Å²) < 4.78 is 33.8. The fraction of sp³-hybridized carbons (Fsp3) is 0.167. The maximum Gasteiger partial charge on any atom is 0.262 e. The van der Waals surface area contributed by atoms with Crippen LogP contribution in [-0.2, 0) is 14.8 Å². The van der Waals surface area contributed by atoms with Crippen LogP contribution in [0, 0.1) is 6.92 Å². The van der Waals surface area contributed by atoms with Crippen molar-refractivity contribution in [3.05, 3.63) is 83.9 Å². The van der Waals surface area contributed by atoms with Gasteiger partial charge in [0.15, 0.2) is 0 Å². The highest BCUT2D eigenvalue weighted by Gasteiger charge is 2.21. The van der Waals surface area contributed by atoms with Crippen molar-refractivity contribution in [2.24, 2.45) is 0 Å². The van der Waals surface area contributed by atoms with Crippen LogP contribution in [0.15, 0.2) is 77.7 Å². The number of para-hydroxylation sites is 2. The predicted octanol–water partition coefficient (Wildman–Crippen LogP) is 3.56. The Morgan fingerprint density at radius 1 is 0.939 bits per heavy atom. The number of methoxy groups -OCH3 is 1. The number of benzene rings is 3. The maximum atomic E-state index is 13.0. The minimum Gasteiger partial charge on any atom is -0.495 e. The molecule has 9 heteroatoms. The molecular weight excluding hydrogens is 442 g/mol. The first-order valence-corrected chi connectivity index (χ1v) is 11.6. The minimum atomic E-state index is -3.96. The second kappa shape index (κ2) is 10.2.